The highest BCUT2D eigenvalue weighted by Gasteiger charge is 2.34. The van der Waals surface area contributed by atoms with Crippen molar-refractivity contribution in [2.45, 2.75) is 25.4 Å². The van der Waals surface area contributed by atoms with Gasteiger partial charge in [-0.25, -0.2) is 9.78 Å². The normalized spacial score (nSPS) is 19.3. The maximum atomic E-state index is 12.3. The van der Waals surface area contributed by atoms with Gasteiger partial charge >= 0.3 is 6.03 Å². The van der Waals surface area contributed by atoms with Crippen LogP contribution in [0.2, 0.25) is 0 Å². The smallest absolute Gasteiger partial charge is 0.321 e. The molecule has 0 saturated carbocycles. The first-order valence-corrected chi connectivity index (χ1v) is 9.81. The topological polar surface area (TPSA) is 88.7 Å². The summed E-state index contributed by atoms with van der Waals surface area (Å²) in [7, 11) is 0. The number of carbonyl (C=O) groups is 2. The number of carbonyl (C=O) groups excluding carboxylic acids is 2. The number of urea groups is 1. The fraction of sp³-hybridized carbons (Fsp3) is 0.316. The molecule has 7 nitrogen and oxygen atoms in total. The predicted octanol–water partition coefficient (Wildman–Crippen LogP) is 1.64. The number of nitrogens with one attached hydrogen (secondary N) is 3. The number of para-hydroxylation sites is 1. The zero-order chi connectivity index (χ0) is 18.6. The molecule has 2 aromatic heterocycles. The van der Waals surface area contributed by atoms with Crippen LogP contribution in [0.4, 0.5) is 4.79 Å². The largest absolute Gasteiger partial charge is 0.467 e. The molecule has 1 aliphatic rings. The average molecular weight is 385 g/mol. The summed E-state index contributed by atoms with van der Waals surface area (Å²) in [6, 6.07) is 11.3. The number of benzene rings is 1. The zero-order valence-electron chi connectivity index (χ0n) is 14.7. The number of likely N-dealkylation sites (tertiary alicyclic amines) is 1. The summed E-state index contributed by atoms with van der Waals surface area (Å²) in [5.41, 5.74) is 1.01. The van der Waals surface area contributed by atoms with E-state index in [2.05, 4.69) is 16.7 Å². The summed E-state index contributed by atoms with van der Waals surface area (Å²) in [4.78, 5) is 30.1. The van der Waals surface area contributed by atoms with E-state index in [4.69, 9.17) is 9.40 Å². The Balaban J connectivity index is 1.33. The Bertz CT molecular complexity index is 904. The first kappa shape index (κ1) is 17.7. The van der Waals surface area contributed by atoms with Crippen molar-refractivity contribution in [3.8, 4) is 0 Å². The lowest BCUT2D eigenvalue weighted by atomic mass is 10.2. The SMILES string of the molecule is O=C(C[NH+]1CCC[C@H]1c1nc2ccccc2s1)NC(=O)NCc1ccco1. The van der Waals surface area contributed by atoms with Crippen LogP contribution in [0, 0.1) is 0 Å². The van der Waals surface area contributed by atoms with Crippen molar-refractivity contribution < 1.29 is 18.9 Å². The Morgan fingerprint density at radius 2 is 2.15 bits per heavy atom. The number of hydrogen-bond acceptors (Lipinski definition) is 5. The fourth-order valence-corrected chi connectivity index (χ4v) is 4.62. The molecule has 1 aliphatic heterocycles. The van der Waals surface area contributed by atoms with E-state index in [-0.39, 0.29) is 25.0 Å². The van der Waals surface area contributed by atoms with Gasteiger partial charge in [-0.15, -0.1) is 11.3 Å². The molecule has 1 aromatic carbocycles. The van der Waals surface area contributed by atoms with Crippen LogP contribution in [0.3, 0.4) is 0 Å². The van der Waals surface area contributed by atoms with Crippen molar-refractivity contribution in [2.24, 2.45) is 0 Å². The molecule has 3 heterocycles. The van der Waals surface area contributed by atoms with Gasteiger partial charge in [-0.3, -0.25) is 10.1 Å². The number of furan rings is 1. The summed E-state index contributed by atoms with van der Waals surface area (Å²) in [6.45, 7) is 1.41. The van der Waals surface area contributed by atoms with Crippen LogP contribution in [0.5, 0.6) is 0 Å². The molecule has 140 valence electrons. The van der Waals surface area contributed by atoms with Crippen LogP contribution in [-0.4, -0.2) is 30.0 Å². The lowest BCUT2D eigenvalue weighted by Crippen LogP contribution is -3.11. The molecule has 0 aliphatic carbocycles. The number of imide groups is 1. The first-order chi connectivity index (χ1) is 13.2. The van der Waals surface area contributed by atoms with E-state index < -0.39 is 6.03 Å². The summed E-state index contributed by atoms with van der Waals surface area (Å²) in [5.74, 6) is 0.355. The van der Waals surface area contributed by atoms with Gasteiger partial charge in [-0.05, 0) is 24.3 Å². The van der Waals surface area contributed by atoms with Gasteiger partial charge in [0.15, 0.2) is 11.6 Å². The summed E-state index contributed by atoms with van der Waals surface area (Å²) in [5, 5.41) is 6.09. The number of hydrogen-bond donors (Lipinski definition) is 3. The van der Waals surface area contributed by atoms with Crippen molar-refractivity contribution in [3.05, 3.63) is 53.4 Å². The third kappa shape index (κ3) is 4.17. The van der Waals surface area contributed by atoms with Gasteiger partial charge in [0.05, 0.1) is 29.6 Å². The van der Waals surface area contributed by atoms with Crippen LogP contribution in [-0.2, 0) is 11.3 Å². The first-order valence-electron chi connectivity index (χ1n) is 8.99. The van der Waals surface area contributed by atoms with E-state index >= 15 is 0 Å². The van der Waals surface area contributed by atoms with Crippen LogP contribution < -0.4 is 15.5 Å². The molecule has 0 radical (unpaired) electrons. The quantitative estimate of drug-likeness (QED) is 0.623. The average Bonchev–Trinajstić information content (AvgIpc) is 3.39. The van der Waals surface area contributed by atoms with Crippen LogP contribution in [0.15, 0.2) is 47.1 Å². The van der Waals surface area contributed by atoms with Gasteiger partial charge in [0.2, 0.25) is 0 Å². The van der Waals surface area contributed by atoms with Crippen molar-refractivity contribution in [2.75, 3.05) is 13.1 Å². The maximum Gasteiger partial charge on any atom is 0.321 e. The minimum absolute atomic E-state index is 0.208. The molecule has 3 amide bonds. The minimum Gasteiger partial charge on any atom is -0.467 e. The molecule has 3 aromatic rings. The molecular formula is C19H21N4O3S+. The van der Waals surface area contributed by atoms with Gasteiger partial charge in [-0.1, -0.05) is 12.1 Å². The molecule has 8 heteroatoms. The molecule has 1 unspecified atom stereocenters. The second-order valence-electron chi connectivity index (χ2n) is 6.61. The van der Waals surface area contributed by atoms with Gasteiger partial charge in [0.1, 0.15) is 11.8 Å². The second-order valence-corrected chi connectivity index (χ2v) is 7.67. The second kappa shape index (κ2) is 7.89. The molecule has 1 saturated heterocycles. The van der Waals surface area contributed by atoms with E-state index in [0.717, 1.165) is 34.8 Å². The molecule has 27 heavy (non-hydrogen) atoms. The number of fused-ring (bicyclic) bond motifs is 1. The van der Waals surface area contributed by atoms with Crippen LogP contribution >= 0.6 is 11.3 Å². The highest BCUT2D eigenvalue weighted by atomic mass is 32.1. The van der Waals surface area contributed by atoms with E-state index in [1.807, 2.05) is 18.2 Å². The van der Waals surface area contributed by atoms with Gasteiger partial charge in [0, 0.05) is 12.8 Å². The number of aromatic nitrogens is 1. The van der Waals surface area contributed by atoms with E-state index in [0.29, 0.717) is 5.76 Å². The van der Waals surface area contributed by atoms with Crippen LogP contribution in [0.1, 0.15) is 29.7 Å². The summed E-state index contributed by atoms with van der Waals surface area (Å²) in [6.07, 6.45) is 3.60. The van der Waals surface area contributed by atoms with Gasteiger partial charge in [0.25, 0.3) is 5.91 Å². The Morgan fingerprint density at radius 3 is 2.96 bits per heavy atom. The predicted molar refractivity (Wildman–Crippen MR) is 101 cm³/mol. The molecule has 0 bridgehead atoms. The maximum absolute atomic E-state index is 12.3. The number of amides is 3. The third-order valence-corrected chi connectivity index (χ3v) is 5.89. The molecule has 0 spiro atoms. The molecule has 1 fully saturated rings. The molecule has 4 rings (SSSR count). The monoisotopic (exact) mass is 385 g/mol. The van der Waals surface area contributed by atoms with E-state index in [1.165, 1.54) is 4.70 Å². The van der Waals surface area contributed by atoms with Gasteiger partial charge in [-0.2, -0.15) is 0 Å². The Hall–Kier alpha value is -2.71. The Labute approximate surface area is 160 Å². The summed E-state index contributed by atoms with van der Waals surface area (Å²) >= 11 is 1.69. The standard InChI is InChI=1S/C19H20N4O3S/c24-17(22-19(25)20-11-13-5-4-10-26-13)12-23-9-3-7-15(23)18-21-14-6-1-2-8-16(14)27-18/h1-2,4-6,8,10,15H,3,7,9,11-12H2,(H2,20,22,24,25)/p+1/t15-/m0/s1. The van der Waals surface area contributed by atoms with Gasteiger partial charge < -0.3 is 14.6 Å². The molecular weight excluding hydrogens is 364 g/mol. The van der Waals surface area contributed by atoms with Crippen LogP contribution in [0.25, 0.3) is 10.2 Å². The Morgan fingerprint density at radius 1 is 1.26 bits per heavy atom. The fourth-order valence-electron chi connectivity index (χ4n) is 3.46. The highest BCUT2D eigenvalue weighted by molar-refractivity contribution is 7.18. The molecule has 3 N–H and O–H groups in total. The Kier molecular flexibility index (Phi) is 5.17. The number of nitrogens with zero attached hydrogens (tertiary/aromatic N) is 1. The zero-order valence-corrected chi connectivity index (χ0v) is 15.6. The van der Waals surface area contributed by atoms with Crippen molar-refractivity contribution in [1.82, 2.24) is 15.6 Å². The molecule has 2 atom stereocenters. The third-order valence-electron chi connectivity index (χ3n) is 4.74. The van der Waals surface area contributed by atoms with Crippen molar-refractivity contribution >= 4 is 33.5 Å². The lowest BCUT2D eigenvalue weighted by molar-refractivity contribution is -0.910. The number of rotatable bonds is 5. The van der Waals surface area contributed by atoms with Crippen molar-refractivity contribution in [3.63, 3.8) is 0 Å². The highest BCUT2D eigenvalue weighted by Crippen LogP contribution is 2.28. The minimum atomic E-state index is -0.508. The number of quaternary nitrogens is 1. The number of thiazole rings is 1. The summed E-state index contributed by atoms with van der Waals surface area (Å²) < 4.78 is 6.31. The van der Waals surface area contributed by atoms with E-state index in [9.17, 15) is 9.59 Å². The van der Waals surface area contributed by atoms with E-state index in [1.54, 1.807) is 29.7 Å². The lowest BCUT2D eigenvalue weighted by Gasteiger charge is -2.19. The van der Waals surface area contributed by atoms with Crippen molar-refractivity contribution in [1.29, 1.82) is 0 Å².